The summed E-state index contributed by atoms with van der Waals surface area (Å²) < 4.78 is 36.0. The Labute approximate surface area is 275 Å². The van der Waals surface area contributed by atoms with E-state index < -0.39 is 85.9 Å². The summed E-state index contributed by atoms with van der Waals surface area (Å²) in [5.74, 6) is -2.36. The molecule has 2 heterocycles. The van der Waals surface area contributed by atoms with Crippen LogP contribution in [0.5, 0.6) is 0 Å². The summed E-state index contributed by atoms with van der Waals surface area (Å²) >= 11 is 0. The monoisotopic (exact) mass is 674 g/mol. The fourth-order valence-corrected chi connectivity index (χ4v) is 6.28. The van der Waals surface area contributed by atoms with Gasteiger partial charge in [0.15, 0.2) is 14.1 Å². The predicted molar refractivity (Wildman–Crippen MR) is 172 cm³/mol. The molecular weight excluding hydrogens is 616 g/mol. The minimum absolute atomic E-state index is 0.00938. The fourth-order valence-electron chi connectivity index (χ4n) is 5.23. The Hall–Kier alpha value is -2.26. The number of ether oxygens (including phenoxy) is 5. The Morgan fingerprint density at radius 1 is 0.913 bits per heavy atom. The highest BCUT2D eigenvalue weighted by Crippen LogP contribution is 2.44. The van der Waals surface area contributed by atoms with E-state index in [-0.39, 0.29) is 24.6 Å². The molecule has 2 saturated heterocycles. The molecule has 1 N–H and O–H groups in total. The van der Waals surface area contributed by atoms with Crippen molar-refractivity contribution >= 4 is 32.4 Å². The molecule has 6 atom stereocenters. The van der Waals surface area contributed by atoms with E-state index in [1.54, 1.807) is 55.4 Å². The Kier molecular flexibility index (Phi) is 12.2. The van der Waals surface area contributed by atoms with Crippen molar-refractivity contribution in [3.8, 4) is 0 Å². The van der Waals surface area contributed by atoms with E-state index in [4.69, 9.17) is 28.1 Å². The first-order valence-electron chi connectivity index (χ1n) is 15.9. The summed E-state index contributed by atoms with van der Waals surface area (Å²) in [6.45, 7) is 26.1. The number of carbonyl (C=O) groups is 4. The lowest BCUT2D eigenvalue weighted by Crippen LogP contribution is -2.57. The minimum atomic E-state index is -2.23. The quantitative estimate of drug-likeness (QED) is 0.200. The number of esters is 1. The highest BCUT2D eigenvalue weighted by Gasteiger charge is 2.63. The van der Waals surface area contributed by atoms with Crippen molar-refractivity contribution in [2.24, 2.45) is 0 Å². The second-order valence-electron chi connectivity index (χ2n) is 16.2. The van der Waals surface area contributed by atoms with Crippen molar-refractivity contribution in [3.63, 3.8) is 0 Å². The minimum Gasteiger partial charge on any atom is -0.460 e. The summed E-state index contributed by atoms with van der Waals surface area (Å²) in [7, 11) is -2.23. The van der Waals surface area contributed by atoms with Gasteiger partial charge in [-0.3, -0.25) is 14.5 Å². The summed E-state index contributed by atoms with van der Waals surface area (Å²) in [4.78, 5) is 54.8. The first-order valence-corrected chi connectivity index (χ1v) is 18.8. The van der Waals surface area contributed by atoms with Gasteiger partial charge in [-0.1, -0.05) is 20.8 Å². The maximum Gasteiger partial charge on any atom is 0.417 e. The first-order chi connectivity index (χ1) is 20.5. The van der Waals surface area contributed by atoms with Crippen molar-refractivity contribution in [3.05, 3.63) is 0 Å². The maximum absolute atomic E-state index is 14.0. The number of aliphatic hydroxyl groups is 1. The standard InChI is InChI=1S/C32H58N2O11Si/c1-19(35)33(27(38)44-29(3,4)5)17-22-25-26(43-32(12,13)42-25)24(34(22)28(39)45-30(6,7)8)23(41-20(2)36)16-21(37)18-40-46(14,15)31(9,10)11/h21-26,37H,16-18H2,1-15H3/t21-,22-,23-,24-,25-,26+/m1/s1. The number of likely N-dealkylation sites (tertiary alicyclic amines) is 1. The average Bonchev–Trinajstić information content (AvgIpc) is 3.27. The Bertz CT molecular complexity index is 1120. The summed E-state index contributed by atoms with van der Waals surface area (Å²) in [6, 6.07) is -2.01. The highest BCUT2D eigenvalue weighted by atomic mass is 28.4. The third kappa shape index (κ3) is 10.6. The lowest BCUT2D eigenvalue weighted by molar-refractivity contribution is -0.179. The van der Waals surface area contributed by atoms with Crippen molar-refractivity contribution in [1.82, 2.24) is 9.80 Å². The van der Waals surface area contributed by atoms with Gasteiger partial charge in [0.2, 0.25) is 5.91 Å². The van der Waals surface area contributed by atoms with E-state index in [0.717, 1.165) is 4.90 Å². The molecule has 0 aromatic rings. The molecule has 266 valence electrons. The van der Waals surface area contributed by atoms with E-state index in [1.165, 1.54) is 18.7 Å². The van der Waals surface area contributed by atoms with Crippen LogP contribution in [0.4, 0.5) is 9.59 Å². The van der Waals surface area contributed by atoms with Gasteiger partial charge in [-0.05, 0) is 73.5 Å². The number of imide groups is 1. The largest absolute Gasteiger partial charge is 0.460 e. The van der Waals surface area contributed by atoms with Crippen LogP contribution in [0.2, 0.25) is 18.1 Å². The SMILES string of the molecule is CC(=O)O[C@H](C[C@@H](O)CO[Si](C)(C)C(C)(C)C)[C@@H]1[C@@H]2OC(C)(C)O[C@@H]2[C@@H](CN(C(C)=O)C(=O)OC(C)(C)C)N1C(=O)OC(C)(C)C. The van der Waals surface area contributed by atoms with Crippen LogP contribution in [-0.2, 0) is 37.7 Å². The molecule has 0 spiro atoms. The Morgan fingerprint density at radius 3 is 1.89 bits per heavy atom. The van der Waals surface area contributed by atoms with Gasteiger partial charge in [0.05, 0.1) is 25.3 Å². The number of fused-ring (bicyclic) bond motifs is 1. The van der Waals surface area contributed by atoms with E-state index in [0.29, 0.717) is 0 Å². The molecule has 0 radical (unpaired) electrons. The lowest BCUT2D eigenvalue weighted by atomic mass is 9.98. The van der Waals surface area contributed by atoms with Gasteiger partial charge >= 0.3 is 18.2 Å². The molecule has 2 aliphatic rings. The second kappa shape index (κ2) is 14.1. The zero-order chi connectivity index (χ0) is 35.8. The molecule has 2 rings (SSSR count). The van der Waals surface area contributed by atoms with Crippen LogP contribution in [0.15, 0.2) is 0 Å². The van der Waals surface area contributed by atoms with E-state index >= 15 is 0 Å². The van der Waals surface area contributed by atoms with E-state index in [9.17, 15) is 24.3 Å². The van der Waals surface area contributed by atoms with E-state index in [2.05, 4.69) is 33.9 Å². The third-order valence-electron chi connectivity index (χ3n) is 8.17. The Balaban J connectivity index is 2.62. The molecule has 0 aromatic heterocycles. The van der Waals surface area contributed by atoms with Gasteiger partial charge in [0.1, 0.15) is 35.6 Å². The van der Waals surface area contributed by atoms with Gasteiger partial charge in [-0.15, -0.1) is 0 Å². The highest BCUT2D eigenvalue weighted by molar-refractivity contribution is 6.74. The molecule has 46 heavy (non-hydrogen) atoms. The van der Waals surface area contributed by atoms with Crippen molar-refractivity contribution < 1.29 is 52.4 Å². The molecule has 2 fully saturated rings. The van der Waals surface area contributed by atoms with Gasteiger partial charge in [-0.25, -0.2) is 14.5 Å². The second-order valence-corrected chi connectivity index (χ2v) is 21.0. The van der Waals surface area contributed by atoms with E-state index in [1.807, 2.05) is 0 Å². The van der Waals surface area contributed by atoms with Gasteiger partial charge < -0.3 is 33.2 Å². The van der Waals surface area contributed by atoms with Gasteiger partial charge in [0.25, 0.3) is 0 Å². The normalized spacial score (nSPS) is 24.6. The molecule has 13 nitrogen and oxygen atoms in total. The van der Waals surface area contributed by atoms with Crippen LogP contribution in [-0.4, -0.2) is 114 Å². The molecule has 3 amide bonds. The molecule has 0 saturated carbocycles. The number of aliphatic hydroxyl groups excluding tert-OH is 1. The smallest absolute Gasteiger partial charge is 0.417 e. The first kappa shape index (κ1) is 39.9. The Morgan fingerprint density at radius 2 is 1.43 bits per heavy atom. The van der Waals surface area contributed by atoms with Crippen LogP contribution in [0.1, 0.15) is 96.4 Å². The predicted octanol–water partition coefficient (Wildman–Crippen LogP) is 4.98. The fraction of sp³-hybridized carbons (Fsp3) is 0.875. The molecule has 2 aliphatic heterocycles. The van der Waals surface area contributed by atoms with Gasteiger partial charge in [-0.2, -0.15) is 0 Å². The number of carbonyl (C=O) groups excluding carboxylic acids is 4. The molecule has 14 heteroatoms. The summed E-state index contributed by atoms with van der Waals surface area (Å²) in [5, 5.41) is 11.1. The molecule has 0 unspecified atom stereocenters. The topological polar surface area (TPSA) is 150 Å². The van der Waals surface area contributed by atoms with Crippen LogP contribution >= 0.6 is 0 Å². The van der Waals surface area contributed by atoms with Crippen LogP contribution < -0.4 is 0 Å². The maximum atomic E-state index is 14.0. The zero-order valence-electron chi connectivity index (χ0n) is 30.5. The lowest BCUT2D eigenvalue weighted by Gasteiger charge is -2.40. The number of rotatable bonds is 9. The number of nitrogens with zero attached hydrogens (tertiary/aromatic N) is 2. The summed E-state index contributed by atoms with van der Waals surface area (Å²) in [6.07, 6.45) is -5.68. The van der Waals surface area contributed by atoms with Crippen molar-refractivity contribution in [2.75, 3.05) is 13.2 Å². The molecule has 0 aromatic carbocycles. The third-order valence-corrected chi connectivity index (χ3v) is 12.7. The number of amides is 3. The van der Waals surface area contributed by atoms with Crippen molar-refractivity contribution in [1.29, 1.82) is 0 Å². The van der Waals surface area contributed by atoms with Crippen molar-refractivity contribution in [2.45, 2.75) is 168 Å². The molecule has 0 aliphatic carbocycles. The summed E-state index contributed by atoms with van der Waals surface area (Å²) in [5.41, 5.74) is -1.82. The van der Waals surface area contributed by atoms with Crippen LogP contribution in [0, 0.1) is 0 Å². The zero-order valence-corrected chi connectivity index (χ0v) is 31.5. The molecule has 0 bridgehead atoms. The average molecular weight is 675 g/mol. The van der Waals surface area contributed by atoms with Gasteiger partial charge in [0, 0.05) is 20.3 Å². The molecular formula is C32H58N2O11Si. The van der Waals surface area contributed by atoms with Crippen LogP contribution in [0.25, 0.3) is 0 Å². The number of hydrogen-bond acceptors (Lipinski definition) is 11. The number of hydrogen-bond donors (Lipinski definition) is 1. The van der Waals surface area contributed by atoms with Crippen LogP contribution in [0.3, 0.4) is 0 Å².